The Labute approximate surface area is 141 Å². The molecule has 0 aliphatic rings. The van der Waals surface area contributed by atoms with E-state index in [1.807, 2.05) is 0 Å². The molecule has 0 aliphatic carbocycles. The second-order valence-corrected chi connectivity index (χ2v) is 5.99. The van der Waals surface area contributed by atoms with Gasteiger partial charge in [-0.05, 0) is 50.1 Å². The molecule has 0 bridgehead atoms. The lowest BCUT2D eigenvalue weighted by atomic mass is 9.99. The van der Waals surface area contributed by atoms with Crippen LogP contribution in [0.25, 0.3) is 0 Å². The van der Waals surface area contributed by atoms with Crippen molar-refractivity contribution in [1.29, 1.82) is 0 Å². The minimum atomic E-state index is 0.385. The van der Waals surface area contributed by atoms with E-state index in [1.54, 1.807) is 0 Å². The van der Waals surface area contributed by atoms with Crippen LogP contribution in [-0.2, 0) is 6.42 Å². The zero-order valence-electron chi connectivity index (χ0n) is 14.5. The Morgan fingerprint density at radius 3 is 2.09 bits per heavy atom. The molecule has 124 valence electrons. The van der Waals surface area contributed by atoms with Crippen LogP contribution in [-0.4, -0.2) is 31.1 Å². The molecule has 0 saturated heterocycles. The Hall–Kier alpha value is -1.64. The number of hydrogen-bond acceptors (Lipinski definition) is 2. The van der Waals surface area contributed by atoms with Crippen molar-refractivity contribution in [3.8, 4) is 0 Å². The van der Waals surface area contributed by atoms with Gasteiger partial charge in [-0.2, -0.15) is 0 Å². The molecule has 1 unspecified atom stereocenters. The molecule has 0 spiro atoms. The highest BCUT2D eigenvalue weighted by Gasteiger charge is 2.11. The molecular formula is C21H30N2. The molecule has 0 heterocycles. The molecule has 0 amide bonds. The summed E-state index contributed by atoms with van der Waals surface area (Å²) in [7, 11) is 0. The van der Waals surface area contributed by atoms with E-state index < -0.39 is 0 Å². The van der Waals surface area contributed by atoms with E-state index in [1.165, 1.54) is 24.1 Å². The number of rotatable bonds is 10. The molecule has 0 radical (unpaired) electrons. The predicted molar refractivity (Wildman–Crippen MR) is 99.7 cm³/mol. The van der Waals surface area contributed by atoms with Gasteiger partial charge in [0.05, 0.1) is 0 Å². The van der Waals surface area contributed by atoms with Crippen molar-refractivity contribution in [2.75, 3.05) is 26.2 Å². The van der Waals surface area contributed by atoms with Crippen LogP contribution in [0.2, 0.25) is 0 Å². The summed E-state index contributed by atoms with van der Waals surface area (Å²) in [6.07, 6.45) is 2.23. The van der Waals surface area contributed by atoms with Gasteiger partial charge in [-0.25, -0.2) is 0 Å². The van der Waals surface area contributed by atoms with Crippen LogP contribution in [0.3, 0.4) is 0 Å². The van der Waals surface area contributed by atoms with Crippen molar-refractivity contribution in [2.45, 2.75) is 32.7 Å². The molecule has 2 rings (SSSR count). The zero-order chi connectivity index (χ0) is 16.3. The van der Waals surface area contributed by atoms with Crippen molar-refractivity contribution in [1.82, 2.24) is 10.2 Å². The van der Waals surface area contributed by atoms with Crippen LogP contribution in [0, 0.1) is 0 Å². The van der Waals surface area contributed by atoms with Crippen LogP contribution in [0.5, 0.6) is 0 Å². The van der Waals surface area contributed by atoms with E-state index in [0.29, 0.717) is 6.04 Å². The van der Waals surface area contributed by atoms with Gasteiger partial charge in [-0.15, -0.1) is 0 Å². The normalized spacial score (nSPS) is 12.5. The standard InChI is InChI=1S/C21H30N2/c1-3-23(4-2)17-11-16-22-21(20-14-9-6-10-15-20)18-19-12-7-5-8-13-19/h5-10,12-15,21-22H,3-4,11,16-18H2,1-2H3. The monoisotopic (exact) mass is 310 g/mol. The molecule has 0 fully saturated rings. The summed E-state index contributed by atoms with van der Waals surface area (Å²) in [6, 6.07) is 21.9. The topological polar surface area (TPSA) is 15.3 Å². The number of nitrogens with zero attached hydrogens (tertiary/aromatic N) is 1. The summed E-state index contributed by atoms with van der Waals surface area (Å²) in [4.78, 5) is 2.48. The summed E-state index contributed by atoms with van der Waals surface area (Å²) >= 11 is 0. The molecule has 0 aromatic heterocycles. The van der Waals surface area contributed by atoms with E-state index in [2.05, 4.69) is 84.7 Å². The maximum Gasteiger partial charge on any atom is 0.0360 e. The first-order valence-corrected chi connectivity index (χ1v) is 8.88. The van der Waals surface area contributed by atoms with Gasteiger partial charge in [0.1, 0.15) is 0 Å². The van der Waals surface area contributed by atoms with Crippen LogP contribution in [0.1, 0.15) is 37.4 Å². The summed E-state index contributed by atoms with van der Waals surface area (Å²) < 4.78 is 0. The average Bonchev–Trinajstić information content (AvgIpc) is 2.62. The first kappa shape index (κ1) is 17.7. The Balaban J connectivity index is 1.92. The van der Waals surface area contributed by atoms with Gasteiger partial charge in [-0.1, -0.05) is 74.5 Å². The van der Waals surface area contributed by atoms with Gasteiger partial charge in [0, 0.05) is 6.04 Å². The average molecular weight is 310 g/mol. The van der Waals surface area contributed by atoms with Gasteiger partial charge < -0.3 is 10.2 Å². The second-order valence-electron chi connectivity index (χ2n) is 5.99. The molecule has 1 atom stereocenters. The molecule has 0 saturated carbocycles. The summed E-state index contributed by atoms with van der Waals surface area (Å²) in [5.41, 5.74) is 2.76. The number of hydrogen-bond donors (Lipinski definition) is 1. The van der Waals surface area contributed by atoms with E-state index in [0.717, 1.165) is 26.1 Å². The Kier molecular flexibility index (Phi) is 7.85. The fourth-order valence-corrected chi connectivity index (χ4v) is 2.96. The summed E-state index contributed by atoms with van der Waals surface area (Å²) in [5.74, 6) is 0. The highest BCUT2D eigenvalue weighted by Crippen LogP contribution is 2.18. The lowest BCUT2D eigenvalue weighted by molar-refractivity contribution is 0.295. The van der Waals surface area contributed by atoms with Crippen LogP contribution in [0.15, 0.2) is 60.7 Å². The minimum absolute atomic E-state index is 0.385. The van der Waals surface area contributed by atoms with Gasteiger partial charge in [0.2, 0.25) is 0 Å². The minimum Gasteiger partial charge on any atom is -0.310 e. The van der Waals surface area contributed by atoms with Crippen molar-refractivity contribution in [3.63, 3.8) is 0 Å². The van der Waals surface area contributed by atoms with Crippen molar-refractivity contribution < 1.29 is 0 Å². The number of nitrogens with one attached hydrogen (secondary N) is 1. The second kappa shape index (κ2) is 10.2. The van der Waals surface area contributed by atoms with E-state index >= 15 is 0 Å². The quantitative estimate of drug-likeness (QED) is 0.659. The molecule has 2 nitrogen and oxygen atoms in total. The molecule has 2 aromatic carbocycles. The smallest absolute Gasteiger partial charge is 0.0360 e. The first-order valence-electron chi connectivity index (χ1n) is 8.88. The number of benzene rings is 2. The fourth-order valence-electron chi connectivity index (χ4n) is 2.96. The van der Waals surface area contributed by atoms with E-state index in [4.69, 9.17) is 0 Å². The van der Waals surface area contributed by atoms with Crippen LogP contribution < -0.4 is 5.32 Å². The molecule has 23 heavy (non-hydrogen) atoms. The van der Waals surface area contributed by atoms with Gasteiger partial charge in [0.15, 0.2) is 0 Å². The highest BCUT2D eigenvalue weighted by molar-refractivity contribution is 5.23. The third-order valence-corrected chi connectivity index (χ3v) is 4.42. The van der Waals surface area contributed by atoms with Gasteiger partial charge in [0.25, 0.3) is 0 Å². The first-order chi connectivity index (χ1) is 11.3. The highest BCUT2D eigenvalue weighted by atomic mass is 15.1. The predicted octanol–water partition coefficient (Wildman–Crippen LogP) is 4.29. The van der Waals surface area contributed by atoms with E-state index in [9.17, 15) is 0 Å². The SMILES string of the molecule is CCN(CC)CCCNC(Cc1ccccc1)c1ccccc1. The van der Waals surface area contributed by atoms with Gasteiger partial charge in [-0.3, -0.25) is 0 Å². The summed E-state index contributed by atoms with van der Waals surface area (Å²) in [5, 5.41) is 3.76. The van der Waals surface area contributed by atoms with Crippen molar-refractivity contribution >= 4 is 0 Å². The fraction of sp³-hybridized carbons (Fsp3) is 0.429. The van der Waals surface area contributed by atoms with Gasteiger partial charge >= 0.3 is 0 Å². The maximum absolute atomic E-state index is 3.76. The summed E-state index contributed by atoms with van der Waals surface area (Å²) in [6.45, 7) is 8.99. The van der Waals surface area contributed by atoms with Crippen LogP contribution >= 0.6 is 0 Å². The lowest BCUT2D eigenvalue weighted by Gasteiger charge is -2.22. The Morgan fingerprint density at radius 1 is 0.870 bits per heavy atom. The molecular weight excluding hydrogens is 280 g/mol. The van der Waals surface area contributed by atoms with Crippen LogP contribution in [0.4, 0.5) is 0 Å². The van der Waals surface area contributed by atoms with Crippen molar-refractivity contribution in [3.05, 3.63) is 71.8 Å². The Morgan fingerprint density at radius 2 is 1.48 bits per heavy atom. The maximum atomic E-state index is 3.76. The lowest BCUT2D eigenvalue weighted by Crippen LogP contribution is -2.29. The zero-order valence-corrected chi connectivity index (χ0v) is 14.5. The molecule has 2 heteroatoms. The van der Waals surface area contributed by atoms with Crippen molar-refractivity contribution in [2.24, 2.45) is 0 Å². The largest absolute Gasteiger partial charge is 0.310 e. The van der Waals surface area contributed by atoms with E-state index in [-0.39, 0.29) is 0 Å². The third-order valence-electron chi connectivity index (χ3n) is 4.42. The third kappa shape index (κ3) is 6.17. The molecule has 0 aliphatic heterocycles. The molecule has 1 N–H and O–H groups in total. The Bertz CT molecular complexity index is 520. The molecule has 2 aromatic rings.